The molecule has 1 aromatic heterocycles. The minimum atomic E-state index is -0.437. The van der Waals surface area contributed by atoms with Crippen LogP contribution in [-0.4, -0.2) is 46.8 Å². The monoisotopic (exact) mass is 426 g/mol. The Bertz CT molecular complexity index is 930. The summed E-state index contributed by atoms with van der Waals surface area (Å²) in [4.78, 5) is 28.8. The lowest BCUT2D eigenvalue weighted by Gasteiger charge is -2.40. The van der Waals surface area contributed by atoms with Gasteiger partial charge in [0.1, 0.15) is 0 Å². The summed E-state index contributed by atoms with van der Waals surface area (Å²) in [6, 6.07) is 3.80. The summed E-state index contributed by atoms with van der Waals surface area (Å²) in [6.45, 7) is 1.40. The smallest absolute Gasteiger partial charge is 0.311 e. The van der Waals surface area contributed by atoms with Crippen molar-refractivity contribution in [3.8, 4) is 0 Å². The number of hydrogen-bond donors (Lipinski definition) is 1. The van der Waals surface area contributed by atoms with Crippen LogP contribution in [0, 0.1) is 17.8 Å². The van der Waals surface area contributed by atoms with Gasteiger partial charge in [0, 0.05) is 42.9 Å². The fourth-order valence-corrected chi connectivity index (χ4v) is 6.70. The van der Waals surface area contributed by atoms with Crippen molar-refractivity contribution < 1.29 is 14.6 Å². The molecule has 0 amide bonds. The van der Waals surface area contributed by atoms with Crippen LogP contribution in [0.15, 0.2) is 23.0 Å². The van der Waals surface area contributed by atoms with Gasteiger partial charge in [-0.2, -0.15) is 0 Å². The average molecular weight is 427 g/mol. The van der Waals surface area contributed by atoms with Gasteiger partial charge in [-0.15, -0.1) is 0 Å². The van der Waals surface area contributed by atoms with Crippen LogP contribution >= 0.6 is 0 Å². The van der Waals surface area contributed by atoms with E-state index in [0.29, 0.717) is 12.5 Å². The second-order valence-corrected chi connectivity index (χ2v) is 9.82. The van der Waals surface area contributed by atoms with E-state index in [9.17, 15) is 14.7 Å². The molecule has 3 heterocycles. The molecule has 4 aliphatic rings. The standard InChI is InChI=1S/C25H34N2O4/c1-31-25(30)22-19(15-28)21-14-27-20(12-11-18(24(27)29)17-9-5-6-10-17)23(22)26(21)13-16-7-3-2-4-8-16/h9,11-12,16,19,21-23,28H,2-8,10,13-15H2,1H3/t19-,21-,22+,23+/m0/s1. The lowest BCUT2D eigenvalue weighted by atomic mass is 9.87. The maximum absolute atomic E-state index is 13.5. The number of aromatic nitrogens is 1. The summed E-state index contributed by atoms with van der Waals surface area (Å²) >= 11 is 0. The Morgan fingerprint density at radius 1 is 1.19 bits per heavy atom. The average Bonchev–Trinajstić information content (AvgIpc) is 3.39. The predicted molar refractivity (Wildman–Crippen MR) is 118 cm³/mol. The molecule has 0 spiro atoms. The number of rotatable bonds is 5. The van der Waals surface area contributed by atoms with E-state index in [0.717, 1.165) is 42.6 Å². The number of aliphatic hydroxyl groups excluding tert-OH is 1. The molecule has 0 aromatic carbocycles. The number of carbonyl (C=O) groups is 1. The third kappa shape index (κ3) is 3.48. The summed E-state index contributed by atoms with van der Waals surface area (Å²) in [5, 5.41) is 10.3. The molecule has 2 fully saturated rings. The quantitative estimate of drug-likeness (QED) is 0.733. The van der Waals surface area contributed by atoms with Gasteiger partial charge in [0.25, 0.3) is 5.56 Å². The van der Waals surface area contributed by atoms with E-state index < -0.39 is 5.92 Å². The van der Waals surface area contributed by atoms with Crippen LogP contribution in [0.5, 0.6) is 0 Å². The lowest BCUT2D eigenvalue weighted by molar-refractivity contribution is -0.148. The van der Waals surface area contributed by atoms with Crippen LogP contribution in [0.2, 0.25) is 0 Å². The van der Waals surface area contributed by atoms with Crippen LogP contribution in [0.25, 0.3) is 5.57 Å². The normalized spacial score (nSPS) is 30.8. The van der Waals surface area contributed by atoms with Crippen molar-refractivity contribution in [2.45, 2.75) is 70.0 Å². The zero-order valence-corrected chi connectivity index (χ0v) is 18.5. The van der Waals surface area contributed by atoms with Crippen LogP contribution in [-0.2, 0) is 16.1 Å². The number of pyridine rings is 1. The Morgan fingerprint density at radius 2 is 2.00 bits per heavy atom. The summed E-state index contributed by atoms with van der Waals surface area (Å²) in [6.07, 6.45) is 11.6. The van der Waals surface area contributed by atoms with Gasteiger partial charge in [-0.05, 0) is 55.7 Å². The highest BCUT2D eigenvalue weighted by molar-refractivity contribution is 5.75. The lowest BCUT2D eigenvalue weighted by Crippen LogP contribution is -2.48. The second-order valence-electron chi connectivity index (χ2n) is 9.82. The number of carbonyl (C=O) groups excluding carboxylic acids is 1. The van der Waals surface area contributed by atoms with Gasteiger partial charge in [-0.25, -0.2) is 0 Å². The topological polar surface area (TPSA) is 71.8 Å². The van der Waals surface area contributed by atoms with Gasteiger partial charge >= 0.3 is 5.97 Å². The number of aliphatic hydroxyl groups is 1. The van der Waals surface area contributed by atoms with E-state index in [2.05, 4.69) is 17.0 Å². The van der Waals surface area contributed by atoms with Crippen molar-refractivity contribution in [2.24, 2.45) is 17.8 Å². The number of hydrogen-bond acceptors (Lipinski definition) is 5. The first-order chi connectivity index (χ1) is 15.1. The van der Waals surface area contributed by atoms with E-state index in [-0.39, 0.29) is 36.1 Å². The Labute approximate surface area is 183 Å². The molecule has 4 atom stereocenters. The molecule has 1 aromatic rings. The number of allylic oxidation sites excluding steroid dienone is 2. The van der Waals surface area contributed by atoms with Crippen molar-refractivity contribution in [1.82, 2.24) is 9.47 Å². The maximum atomic E-state index is 13.5. The SMILES string of the molecule is COC(=O)[C@@H]1[C@@H](CO)[C@@H]2Cn3c(ccc(C4=CCCC4)c3=O)[C@H]1N2CC1CCCCC1. The molecular formula is C25H34N2O4. The Hall–Kier alpha value is -1.92. The Morgan fingerprint density at radius 3 is 2.68 bits per heavy atom. The van der Waals surface area contributed by atoms with Crippen LogP contribution in [0.1, 0.15) is 68.7 Å². The molecule has 6 nitrogen and oxygen atoms in total. The molecular weight excluding hydrogens is 392 g/mol. The van der Waals surface area contributed by atoms with E-state index in [4.69, 9.17) is 4.74 Å². The fourth-order valence-electron chi connectivity index (χ4n) is 6.70. The van der Waals surface area contributed by atoms with Crippen molar-refractivity contribution in [3.05, 3.63) is 39.8 Å². The van der Waals surface area contributed by atoms with Crippen LogP contribution in [0.3, 0.4) is 0 Å². The highest BCUT2D eigenvalue weighted by Crippen LogP contribution is 2.49. The molecule has 0 radical (unpaired) electrons. The molecule has 2 aliphatic heterocycles. The summed E-state index contributed by atoms with van der Waals surface area (Å²) in [7, 11) is 1.42. The molecule has 1 saturated carbocycles. The zero-order valence-electron chi connectivity index (χ0n) is 18.5. The number of fused-ring (bicyclic) bond motifs is 4. The molecule has 168 valence electrons. The number of esters is 1. The molecule has 5 rings (SSSR count). The second kappa shape index (κ2) is 8.55. The highest BCUT2D eigenvalue weighted by atomic mass is 16.5. The summed E-state index contributed by atoms with van der Waals surface area (Å²) in [5.74, 6) is -0.304. The zero-order chi connectivity index (χ0) is 21.5. The molecule has 1 saturated heterocycles. The third-order valence-electron chi connectivity index (χ3n) is 8.22. The molecule has 2 bridgehead atoms. The van der Waals surface area contributed by atoms with Crippen molar-refractivity contribution >= 4 is 11.5 Å². The van der Waals surface area contributed by atoms with Gasteiger partial charge < -0.3 is 14.4 Å². The minimum absolute atomic E-state index is 0.0148. The minimum Gasteiger partial charge on any atom is -0.469 e. The van der Waals surface area contributed by atoms with E-state index in [1.165, 1.54) is 39.2 Å². The van der Waals surface area contributed by atoms with Gasteiger partial charge in [-0.3, -0.25) is 14.5 Å². The first-order valence-corrected chi connectivity index (χ1v) is 12.0. The predicted octanol–water partition coefficient (Wildman–Crippen LogP) is 3.13. The van der Waals surface area contributed by atoms with Crippen molar-refractivity contribution in [2.75, 3.05) is 20.3 Å². The number of methoxy groups -OCH3 is 1. The van der Waals surface area contributed by atoms with E-state index in [1.807, 2.05) is 10.6 Å². The number of ether oxygens (including phenoxy) is 1. The molecule has 6 heteroatoms. The first kappa shape index (κ1) is 21.0. The summed E-state index contributed by atoms with van der Waals surface area (Å²) in [5.41, 5.74) is 2.92. The molecule has 1 N–H and O–H groups in total. The fraction of sp³-hybridized carbons (Fsp3) is 0.680. The largest absolute Gasteiger partial charge is 0.469 e. The van der Waals surface area contributed by atoms with Gasteiger partial charge in [0.15, 0.2) is 0 Å². The van der Waals surface area contributed by atoms with Crippen LogP contribution < -0.4 is 5.56 Å². The van der Waals surface area contributed by atoms with Gasteiger partial charge in [-0.1, -0.05) is 25.3 Å². The highest BCUT2D eigenvalue weighted by Gasteiger charge is 2.56. The first-order valence-electron chi connectivity index (χ1n) is 12.0. The summed E-state index contributed by atoms with van der Waals surface area (Å²) < 4.78 is 7.09. The van der Waals surface area contributed by atoms with E-state index >= 15 is 0 Å². The number of nitrogens with zero attached hydrogens (tertiary/aromatic N) is 2. The Balaban J connectivity index is 1.57. The third-order valence-corrected chi connectivity index (χ3v) is 8.22. The van der Waals surface area contributed by atoms with Crippen LogP contribution in [0.4, 0.5) is 0 Å². The molecule has 31 heavy (non-hydrogen) atoms. The van der Waals surface area contributed by atoms with E-state index in [1.54, 1.807) is 0 Å². The van der Waals surface area contributed by atoms with Gasteiger partial charge in [0.2, 0.25) is 0 Å². The van der Waals surface area contributed by atoms with Crippen molar-refractivity contribution in [3.63, 3.8) is 0 Å². The molecule has 0 unspecified atom stereocenters. The van der Waals surface area contributed by atoms with Crippen molar-refractivity contribution in [1.29, 1.82) is 0 Å². The van der Waals surface area contributed by atoms with Gasteiger partial charge in [0.05, 0.1) is 19.1 Å². The molecule has 2 aliphatic carbocycles. The maximum Gasteiger partial charge on any atom is 0.311 e. The Kier molecular flexibility index (Phi) is 5.78.